The Kier molecular flexibility index (Phi) is 4.43. The molecule has 0 aliphatic carbocycles. The number of hydrogen-bond donors (Lipinski definition) is 1. The summed E-state index contributed by atoms with van der Waals surface area (Å²) in [4.78, 5) is 0. The lowest BCUT2D eigenvalue weighted by Gasteiger charge is -2.11. The molecule has 0 aliphatic rings. The molecule has 0 spiro atoms. The van der Waals surface area contributed by atoms with Gasteiger partial charge in [-0.25, -0.2) is 0 Å². The number of aryl methyl sites for hydroxylation is 2. The van der Waals surface area contributed by atoms with E-state index in [-0.39, 0.29) is 0 Å². The second kappa shape index (κ2) is 6.06. The van der Waals surface area contributed by atoms with Crippen LogP contribution >= 0.6 is 0 Å². The van der Waals surface area contributed by atoms with Crippen LogP contribution in [0, 0.1) is 0 Å². The molecule has 0 aromatic carbocycles. The number of nitrogens with zero attached hydrogens (tertiary/aromatic N) is 3. The van der Waals surface area contributed by atoms with Crippen molar-refractivity contribution in [2.24, 2.45) is 7.05 Å². The summed E-state index contributed by atoms with van der Waals surface area (Å²) < 4.78 is 4.21. The largest absolute Gasteiger partial charge is 0.348 e. The zero-order valence-corrected chi connectivity index (χ0v) is 12.3. The van der Waals surface area contributed by atoms with E-state index in [9.17, 15) is 0 Å². The third-order valence-electron chi connectivity index (χ3n) is 3.67. The van der Waals surface area contributed by atoms with Gasteiger partial charge in [0.25, 0.3) is 0 Å². The molecule has 0 saturated carbocycles. The van der Waals surface area contributed by atoms with Crippen LogP contribution in [0.25, 0.3) is 0 Å². The minimum absolute atomic E-state index is 0.444. The summed E-state index contributed by atoms with van der Waals surface area (Å²) in [6.07, 6.45) is 6.46. The SMILES string of the molecule is CCc1cc(Cn2ccc(C(CC)NC)c2)n(C)n1. The molecule has 2 rings (SSSR count). The Morgan fingerprint density at radius 1 is 1.37 bits per heavy atom. The quantitative estimate of drug-likeness (QED) is 0.866. The van der Waals surface area contributed by atoms with Gasteiger partial charge in [0.2, 0.25) is 0 Å². The van der Waals surface area contributed by atoms with E-state index in [1.807, 2.05) is 18.8 Å². The second-order valence-corrected chi connectivity index (χ2v) is 4.97. The number of nitrogens with one attached hydrogen (secondary N) is 1. The maximum absolute atomic E-state index is 4.49. The second-order valence-electron chi connectivity index (χ2n) is 4.97. The van der Waals surface area contributed by atoms with Crippen LogP contribution in [-0.4, -0.2) is 21.4 Å². The van der Waals surface area contributed by atoms with E-state index in [1.165, 1.54) is 11.3 Å². The number of hydrogen-bond acceptors (Lipinski definition) is 2. The van der Waals surface area contributed by atoms with Crippen LogP contribution in [0.15, 0.2) is 24.5 Å². The normalized spacial score (nSPS) is 12.8. The van der Waals surface area contributed by atoms with Crippen molar-refractivity contribution in [3.63, 3.8) is 0 Å². The molecule has 104 valence electrons. The molecule has 19 heavy (non-hydrogen) atoms. The highest BCUT2D eigenvalue weighted by molar-refractivity contribution is 5.17. The summed E-state index contributed by atoms with van der Waals surface area (Å²) in [5, 5.41) is 7.83. The molecule has 0 fully saturated rings. The van der Waals surface area contributed by atoms with Crippen molar-refractivity contribution in [3.05, 3.63) is 41.5 Å². The van der Waals surface area contributed by atoms with Crippen LogP contribution in [0.2, 0.25) is 0 Å². The lowest BCUT2D eigenvalue weighted by molar-refractivity contribution is 0.574. The molecule has 4 heteroatoms. The summed E-state index contributed by atoms with van der Waals surface area (Å²) in [6.45, 7) is 5.22. The fraction of sp³-hybridized carbons (Fsp3) is 0.533. The van der Waals surface area contributed by atoms with Crippen molar-refractivity contribution < 1.29 is 0 Å². The van der Waals surface area contributed by atoms with Crippen molar-refractivity contribution in [3.8, 4) is 0 Å². The maximum atomic E-state index is 4.49. The van der Waals surface area contributed by atoms with Gasteiger partial charge in [-0.2, -0.15) is 5.10 Å². The third kappa shape index (κ3) is 3.07. The van der Waals surface area contributed by atoms with E-state index < -0.39 is 0 Å². The molecule has 0 saturated heterocycles. The van der Waals surface area contributed by atoms with Crippen LogP contribution in [0.4, 0.5) is 0 Å². The van der Waals surface area contributed by atoms with Gasteiger partial charge >= 0.3 is 0 Å². The van der Waals surface area contributed by atoms with Crippen molar-refractivity contribution in [2.45, 2.75) is 39.3 Å². The molecular weight excluding hydrogens is 236 g/mol. The number of aromatic nitrogens is 3. The molecule has 0 radical (unpaired) electrons. The topological polar surface area (TPSA) is 34.8 Å². The van der Waals surface area contributed by atoms with E-state index in [0.29, 0.717) is 6.04 Å². The van der Waals surface area contributed by atoms with Gasteiger partial charge in [0.1, 0.15) is 0 Å². The fourth-order valence-electron chi connectivity index (χ4n) is 2.45. The molecule has 2 aromatic heterocycles. The fourth-order valence-corrected chi connectivity index (χ4v) is 2.45. The third-order valence-corrected chi connectivity index (χ3v) is 3.67. The zero-order valence-electron chi connectivity index (χ0n) is 12.3. The van der Waals surface area contributed by atoms with Crippen LogP contribution < -0.4 is 5.32 Å². The van der Waals surface area contributed by atoms with Crippen molar-refractivity contribution in [1.82, 2.24) is 19.7 Å². The molecule has 1 unspecified atom stereocenters. The molecule has 4 nitrogen and oxygen atoms in total. The first-order valence-corrected chi connectivity index (χ1v) is 7.02. The highest BCUT2D eigenvalue weighted by Gasteiger charge is 2.09. The summed E-state index contributed by atoms with van der Waals surface area (Å²) in [5.41, 5.74) is 3.76. The maximum Gasteiger partial charge on any atom is 0.0639 e. The van der Waals surface area contributed by atoms with E-state index in [0.717, 1.165) is 25.1 Å². The van der Waals surface area contributed by atoms with Crippen molar-refractivity contribution in [2.75, 3.05) is 7.05 Å². The van der Waals surface area contributed by atoms with Gasteiger partial charge in [0, 0.05) is 25.5 Å². The average Bonchev–Trinajstić information content (AvgIpc) is 3.00. The van der Waals surface area contributed by atoms with Crippen molar-refractivity contribution >= 4 is 0 Å². The van der Waals surface area contributed by atoms with Gasteiger partial charge in [-0.3, -0.25) is 4.68 Å². The summed E-state index contributed by atoms with van der Waals surface area (Å²) >= 11 is 0. The van der Waals surface area contributed by atoms with E-state index in [2.05, 4.69) is 53.4 Å². The van der Waals surface area contributed by atoms with Gasteiger partial charge in [-0.05, 0) is 37.6 Å². The Hall–Kier alpha value is -1.55. The minimum Gasteiger partial charge on any atom is -0.348 e. The van der Waals surface area contributed by atoms with Crippen LogP contribution in [-0.2, 0) is 20.0 Å². The predicted octanol–water partition coefficient (Wildman–Crippen LogP) is 2.50. The molecule has 0 bridgehead atoms. The first-order chi connectivity index (χ1) is 9.17. The Labute approximate surface area is 115 Å². The van der Waals surface area contributed by atoms with Crippen molar-refractivity contribution in [1.29, 1.82) is 0 Å². The zero-order chi connectivity index (χ0) is 13.8. The Balaban J connectivity index is 2.13. The standard InChI is InChI=1S/C15H24N4/c1-5-13-9-14(18(4)17-13)11-19-8-7-12(10-19)15(6-2)16-3/h7-10,15-16H,5-6,11H2,1-4H3. The van der Waals surface area contributed by atoms with Crippen LogP contribution in [0.3, 0.4) is 0 Å². The Bertz CT molecular complexity index is 520. The lowest BCUT2D eigenvalue weighted by Crippen LogP contribution is -2.14. The highest BCUT2D eigenvalue weighted by Crippen LogP contribution is 2.17. The Morgan fingerprint density at radius 3 is 2.74 bits per heavy atom. The number of rotatable bonds is 6. The van der Waals surface area contributed by atoms with Crippen LogP contribution in [0.5, 0.6) is 0 Å². The van der Waals surface area contributed by atoms with Crippen LogP contribution in [0.1, 0.15) is 43.3 Å². The highest BCUT2D eigenvalue weighted by atomic mass is 15.3. The van der Waals surface area contributed by atoms with E-state index >= 15 is 0 Å². The molecule has 0 amide bonds. The smallest absolute Gasteiger partial charge is 0.0639 e. The van der Waals surface area contributed by atoms with Gasteiger partial charge in [0.15, 0.2) is 0 Å². The first-order valence-electron chi connectivity index (χ1n) is 7.02. The first kappa shape index (κ1) is 13.9. The summed E-state index contributed by atoms with van der Waals surface area (Å²) in [5.74, 6) is 0. The average molecular weight is 260 g/mol. The monoisotopic (exact) mass is 260 g/mol. The van der Waals surface area contributed by atoms with Gasteiger partial charge in [0.05, 0.1) is 17.9 Å². The lowest BCUT2D eigenvalue weighted by atomic mass is 10.1. The van der Waals surface area contributed by atoms with E-state index in [4.69, 9.17) is 0 Å². The van der Waals surface area contributed by atoms with Gasteiger partial charge < -0.3 is 9.88 Å². The molecule has 1 atom stereocenters. The minimum atomic E-state index is 0.444. The predicted molar refractivity (Wildman–Crippen MR) is 78.2 cm³/mol. The van der Waals surface area contributed by atoms with E-state index in [1.54, 1.807) is 0 Å². The Morgan fingerprint density at radius 2 is 2.16 bits per heavy atom. The molecule has 2 aromatic rings. The summed E-state index contributed by atoms with van der Waals surface area (Å²) in [6, 6.07) is 4.83. The molecule has 1 N–H and O–H groups in total. The van der Waals surface area contributed by atoms with Gasteiger partial charge in [-0.1, -0.05) is 13.8 Å². The molecule has 2 heterocycles. The molecular formula is C15H24N4. The summed E-state index contributed by atoms with van der Waals surface area (Å²) in [7, 11) is 4.03. The van der Waals surface area contributed by atoms with Gasteiger partial charge in [-0.15, -0.1) is 0 Å². The molecule has 0 aliphatic heterocycles.